The van der Waals surface area contributed by atoms with Crippen molar-refractivity contribution in [2.45, 2.75) is 25.8 Å². The molecule has 1 N–H and O–H groups in total. The van der Waals surface area contributed by atoms with Gasteiger partial charge in [0, 0.05) is 23.6 Å². The Balaban J connectivity index is 2.25. The Labute approximate surface area is 101 Å². The largest absolute Gasteiger partial charge is 0.313 e. The van der Waals surface area contributed by atoms with Gasteiger partial charge in [0.05, 0.1) is 0 Å². The van der Waals surface area contributed by atoms with Gasteiger partial charge in [-0.25, -0.2) is 4.39 Å². The minimum atomic E-state index is -0.261. The predicted octanol–water partition coefficient (Wildman–Crippen LogP) is 3.37. The van der Waals surface area contributed by atoms with E-state index in [1.165, 1.54) is 6.07 Å². The van der Waals surface area contributed by atoms with Gasteiger partial charge < -0.3 is 5.32 Å². The summed E-state index contributed by atoms with van der Waals surface area (Å²) in [6.45, 7) is 1.38. The minimum Gasteiger partial charge on any atom is -0.313 e. The predicted molar refractivity (Wildman–Crippen MR) is 65.8 cm³/mol. The van der Waals surface area contributed by atoms with E-state index in [-0.39, 0.29) is 5.82 Å². The van der Waals surface area contributed by atoms with Gasteiger partial charge in [0.2, 0.25) is 0 Å². The van der Waals surface area contributed by atoms with Gasteiger partial charge in [0.1, 0.15) is 5.82 Å². The van der Waals surface area contributed by atoms with Crippen LogP contribution in [0, 0.1) is 18.2 Å². The van der Waals surface area contributed by atoms with Crippen molar-refractivity contribution in [1.82, 2.24) is 5.32 Å². The third-order valence-electron chi connectivity index (χ3n) is 2.26. The summed E-state index contributed by atoms with van der Waals surface area (Å²) >= 11 is 5.66. The number of unbranched alkanes of at least 4 members (excludes halogenated alkanes) is 2. The van der Waals surface area contributed by atoms with E-state index >= 15 is 0 Å². The highest BCUT2D eigenvalue weighted by Gasteiger charge is 2.01. The van der Waals surface area contributed by atoms with Crippen molar-refractivity contribution >= 4 is 11.6 Å². The van der Waals surface area contributed by atoms with Crippen LogP contribution < -0.4 is 5.32 Å². The van der Waals surface area contributed by atoms with Crippen molar-refractivity contribution in [2.24, 2.45) is 0 Å². The Bertz CT molecular complexity index is 371. The fourth-order valence-electron chi connectivity index (χ4n) is 1.37. The van der Waals surface area contributed by atoms with Crippen LogP contribution in [0.2, 0.25) is 5.02 Å². The van der Waals surface area contributed by atoms with E-state index in [1.807, 2.05) is 0 Å². The molecule has 0 heterocycles. The van der Waals surface area contributed by atoms with Crippen molar-refractivity contribution in [1.29, 1.82) is 0 Å². The highest BCUT2D eigenvalue weighted by Crippen LogP contribution is 2.14. The summed E-state index contributed by atoms with van der Waals surface area (Å²) in [5.74, 6) is 2.33. The lowest BCUT2D eigenvalue weighted by Gasteiger charge is -2.05. The maximum absolute atomic E-state index is 13.3. The molecule has 0 aliphatic heterocycles. The fraction of sp³-hybridized carbons (Fsp3) is 0.385. The zero-order chi connectivity index (χ0) is 11.8. The highest BCUT2D eigenvalue weighted by molar-refractivity contribution is 6.30. The van der Waals surface area contributed by atoms with E-state index in [9.17, 15) is 4.39 Å². The first-order valence-corrected chi connectivity index (χ1v) is 5.70. The molecule has 0 saturated heterocycles. The second kappa shape index (κ2) is 7.27. The molecule has 0 unspecified atom stereocenters. The third-order valence-corrected chi connectivity index (χ3v) is 2.49. The van der Waals surface area contributed by atoms with E-state index in [2.05, 4.69) is 11.2 Å². The molecule has 1 aromatic carbocycles. The van der Waals surface area contributed by atoms with Crippen LogP contribution in [0.3, 0.4) is 0 Å². The average Bonchev–Trinajstić information content (AvgIpc) is 2.26. The Morgan fingerprint density at radius 1 is 1.38 bits per heavy atom. The monoisotopic (exact) mass is 239 g/mol. The van der Waals surface area contributed by atoms with Crippen LogP contribution in [0.25, 0.3) is 0 Å². The van der Waals surface area contributed by atoms with Crippen LogP contribution in [0.4, 0.5) is 4.39 Å². The van der Waals surface area contributed by atoms with Crippen LogP contribution in [-0.4, -0.2) is 6.54 Å². The molecular weight excluding hydrogens is 225 g/mol. The van der Waals surface area contributed by atoms with Gasteiger partial charge in [-0.3, -0.25) is 0 Å². The summed E-state index contributed by atoms with van der Waals surface area (Å²) in [5, 5.41) is 3.60. The van der Waals surface area contributed by atoms with Crippen LogP contribution in [0.15, 0.2) is 18.2 Å². The third kappa shape index (κ3) is 4.65. The number of rotatable bonds is 6. The molecule has 16 heavy (non-hydrogen) atoms. The molecule has 3 heteroatoms. The molecule has 0 amide bonds. The summed E-state index contributed by atoms with van der Waals surface area (Å²) in [7, 11) is 0. The van der Waals surface area contributed by atoms with Gasteiger partial charge in [0.25, 0.3) is 0 Å². The van der Waals surface area contributed by atoms with E-state index in [4.69, 9.17) is 18.0 Å². The second-order valence-corrected chi connectivity index (χ2v) is 4.01. The van der Waals surface area contributed by atoms with Crippen LogP contribution >= 0.6 is 11.6 Å². The quantitative estimate of drug-likeness (QED) is 0.593. The number of terminal acetylenes is 1. The highest BCUT2D eigenvalue weighted by atomic mass is 35.5. The number of nitrogens with one attached hydrogen (secondary N) is 1. The van der Waals surface area contributed by atoms with Gasteiger partial charge >= 0.3 is 0 Å². The standard InChI is InChI=1S/C13H15ClFN/c1-2-3-4-5-8-16-10-11-6-7-12(14)9-13(11)15/h1,6-7,9,16H,3-5,8,10H2. The van der Waals surface area contributed by atoms with Crippen molar-refractivity contribution in [2.75, 3.05) is 6.54 Å². The number of hydrogen-bond donors (Lipinski definition) is 1. The first-order chi connectivity index (χ1) is 7.74. The molecular formula is C13H15ClFN. The lowest BCUT2D eigenvalue weighted by Crippen LogP contribution is -2.15. The second-order valence-electron chi connectivity index (χ2n) is 3.57. The lowest BCUT2D eigenvalue weighted by molar-refractivity contribution is 0.577. The zero-order valence-electron chi connectivity index (χ0n) is 9.10. The van der Waals surface area contributed by atoms with Gasteiger partial charge in [-0.1, -0.05) is 17.7 Å². The summed E-state index contributed by atoms with van der Waals surface area (Å²) in [4.78, 5) is 0. The first-order valence-electron chi connectivity index (χ1n) is 5.32. The summed E-state index contributed by atoms with van der Waals surface area (Å²) in [6.07, 6.45) is 7.96. The first kappa shape index (κ1) is 13.0. The normalized spacial score (nSPS) is 10.1. The topological polar surface area (TPSA) is 12.0 Å². The van der Waals surface area contributed by atoms with Crippen LogP contribution in [0.1, 0.15) is 24.8 Å². The Hall–Kier alpha value is -1.04. The van der Waals surface area contributed by atoms with Gasteiger partial charge in [0.15, 0.2) is 0 Å². The molecule has 0 fully saturated rings. The fourth-order valence-corrected chi connectivity index (χ4v) is 1.52. The molecule has 0 spiro atoms. The van der Waals surface area contributed by atoms with Gasteiger partial charge in [-0.2, -0.15) is 0 Å². The molecule has 1 rings (SSSR count). The SMILES string of the molecule is C#CCCCCNCc1ccc(Cl)cc1F. The lowest BCUT2D eigenvalue weighted by atomic mass is 10.2. The molecule has 1 aromatic rings. The maximum Gasteiger partial charge on any atom is 0.129 e. The number of benzene rings is 1. The van der Waals surface area contributed by atoms with E-state index < -0.39 is 0 Å². The van der Waals surface area contributed by atoms with Gasteiger partial charge in [-0.05, 0) is 31.5 Å². The minimum absolute atomic E-state index is 0.261. The Morgan fingerprint density at radius 2 is 2.19 bits per heavy atom. The number of halogens is 2. The molecule has 0 radical (unpaired) electrons. The molecule has 0 aromatic heterocycles. The summed E-state index contributed by atoms with van der Waals surface area (Å²) in [5.41, 5.74) is 0.640. The van der Waals surface area contributed by atoms with Crippen molar-refractivity contribution in [3.8, 4) is 12.3 Å². The Kier molecular flexibility index (Phi) is 5.92. The van der Waals surface area contributed by atoms with E-state index in [1.54, 1.807) is 12.1 Å². The zero-order valence-corrected chi connectivity index (χ0v) is 9.86. The maximum atomic E-state index is 13.3. The van der Waals surface area contributed by atoms with Gasteiger partial charge in [-0.15, -0.1) is 12.3 Å². The molecule has 0 aliphatic carbocycles. The molecule has 86 valence electrons. The smallest absolute Gasteiger partial charge is 0.129 e. The summed E-state index contributed by atoms with van der Waals surface area (Å²) in [6, 6.07) is 4.73. The van der Waals surface area contributed by atoms with Crippen molar-refractivity contribution in [3.63, 3.8) is 0 Å². The number of hydrogen-bond acceptors (Lipinski definition) is 1. The molecule has 0 aliphatic rings. The molecule has 0 saturated carbocycles. The van der Waals surface area contributed by atoms with Crippen LogP contribution in [-0.2, 0) is 6.54 Å². The van der Waals surface area contributed by atoms with E-state index in [0.29, 0.717) is 17.1 Å². The Morgan fingerprint density at radius 3 is 2.88 bits per heavy atom. The summed E-state index contributed by atoms with van der Waals surface area (Å²) < 4.78 is 13.3. The molecule has 0 bridgehead atoms. The van der Waals surface area contributed by atoms with E-state index in [0.717, 1.165) is 25.8 Å². The van der Waals surface area contributed by atoms with Crippen molar-refractivity contribution < 1.29 is 4.39 Å². The molecule has 1 nitrogen and oxygen atoms in total. The molecule has 0 atom stereocenters. The van der Waals surface area contributed by atoms with Crippen LogP contribution in [0.5, 0.6) is 0 Å². The van der Waals surface area contributed by atoms with Crippen molar-refractivity contribution in [3.05, 3.63) is 34.6 Å². The average molecular weight is 240 g/mol.